The summed E-state index contributed by atoms with van der Waals surface area (Å²) in [4.78, 5) is 11.9. The van der Waals surface area contributed by atoms with Gasteiger partial charge >= 0.3 is 21.6 Å². The van der Waals surface area contributed by atoms with E-state index in [0.717, 1.165) is 13.3 Å². The van der Waals surface area contributed by atoms with Crippen LogP contribution in [0.15, 0.2) is 18.3 Å². The summed E-state index contributed by atoms with van der Waals surface area (Å²) < 4.78 is 96.2. The first-order valence-corrected chi connectivity index (χ1v) is 8.24. The number of carbonyl (C=O) groups excluding carboxylic acids is 1. The molecule has 28 heavy (non-hydrogen) atoms. The second kappa shape index (κ2) is 7.00. The Morgan fingerprint density at radius 3 is 2.36 bits per heavy atom. The molecule has 0 aliphatic rings. The molecule has 1 aromatic heterocycles. The monoisotopic (exact) mass is 425 g/mol. The largest absolute Gasteiger partial charge is 0.534 e. The maximum atomic E-state index is 14.2. The molecule has 0 aliphatic carbocycles. The van der Waals surface area contributed by atoms with E-state index >= 15 is 0 Å². The molecular weight excluding hydrogens is 417 g/mol. The van der Waals surface area contributed by atoms with Crippen LogP contribution in [-0.4, -0.2) is 31.6 Å². The first-order chi connectivity index (χ1) is 12.8. The van der Waals surface area contributed by atoms with Crippen LogP contribution in [0.2, 0.25) is 0 Å². The number of hydrogen-bond donors (Lipinski definition) is 1. The molecule has 0 saturated carbocycles. The first-order valence-electron chi connectivity index (χ1n) is 6.83. The van der Waals surface area contributed by atoms with Gasteiger partial charge in [-0.15, -0.1) is 0 Å². The molecule has 2 rings (SSSR count). The summed E-state index contributed by atoms with van der Waals surface area (Å²) in [5.74, 6) is -5.86. The predicted octanol–water partition coefficient (Wildman–Crippen LogP) is 2.22. The van der Waals surface area contributed by atoms with Gasteiger partial charge in [-0.1, -0.05) is 0 Å². The van der Waals surface area contributed by atoms with E-state index < -0.39 is 56.0 Å². The second-order valence-corrected chi connectivity index (χ2v) is 6.53. The molecule has 0 fully saturated rings. The molecule has 2 N–H and O–H groups in total. The molecule has 0 atom stereocenters. The third-order valence-electron chi connectivity index (χ3n) is 3.29. The average molecular weight is 425 g/mol. The Morgan fingerprint density at radius 1 is 1.25 bits per heavy atom. The van der Waals surface area contributed by atoms with Crippen LogP contribution in [0.3, 0.4) is 0 Å². The summed E-state index contributed by atoms with van der Waals surface area (Å²) in [5, 5.41) is 8.99. The molecular formula is C14H8F5N3O5S. The molecule has 0 bridgehead atoms. The highest BCUT2D eigenvalue weighted by atomic mass is 32.2. The number of esters is 1. The Labute approximate surface area is 153 Å². The maximum Gasteiger partial charge on any atom is 0.534 e. The minimum Gasteiger partial charge on any atom is -0.464 e. The Bertz CT molecular complexity index is 1100. The number of halogens is 5. The highest BCUT2D eigenvalue weighted by Gasteiger charge is 2.49. The van der Waals surface area contributed by atoms with Crippen LogP contribution in [-0.2, 0) is 14.9 Å². The van der Waals surface area contributed by atoms with Crippen molar-refractivity contribution in [2.75, 3.05) is 12.8 Å². The van der Waals surface area contributed by atoms with Crippen molar-refractivity contribution >= 4 is 21.8 Å². The van der Waals surface area contributed by atoms with Crippen LogP contribution in [0.5, 0.6) is 5.75 Å². The lowest BCUT2D eigenvalue weighted by Crippen LogP contribution is -2.28. The molecule has 1 heterocycles. The molecule has 0 saturated heterocycles. The van der Waals surface area contributed by atoms with Gasteiger partial charge in [0.25, 0.3) is 0 Å². The fourth-order valence-electron chi connectivity index (χ4n) is 2.04. The van der Waals surface area contributed by atoms with Crippen LogP contribution < -0.4 is 9.92 Å². The van der Waals surface area contributed by atoms with Crippen LogP contribution >= 0.6 is 0 Å². The number of hydrogen-bond acceptors (Lipinski definition) is 7. The Hall–Kier alpha value is -3.34. The molecule has 0 unspecified atom stereocenters. The van der Waals surface area contributed by atoms with Gasteiger partial charge in [-0.25, -0.2) is 13.6 Å². The predicted molar refractivity (Wildman–Crippen MR) is 81.8 cm³/mol. The summed E-state index contributed by atoms with van der Waals surface area (Å²) in [7, 11) is -5.34. The van der Waals surface area contributed by atoms with Crippen molar-refractivity contribution in [2.45, 2.75) is 5.51 Å². The van der Waals surface area contributed by atoms with Crippen molar-refractivity contribution in [2.24, 2.45) is 0 Å². The molecule has 150 valence electrons. The van der Waals surface area contributed by atoms with Gasteiger partial charge in [0.15, 0.2) is 17.3 Å². The molecule has 14 heteroatoms. The molecule has 0 amide bonds. The Kier molecular flexibility index (Phi) is 5.24. The number of aromatic nitrogens is 1. The van der Waals surface area contributed by atoms with Crippen molar-refractivity contribution in [3.8, 4) is 17.5 Å². The van der Waals surface area contributed by atoms with Gasteiger partial charge in [0, 0.05) is 18.3 Å². The smallest absolute Gasteiger partial charge is 0.464 e. The average Bonchev–Trinajstić information content (AvgIpc) is 2.91. The number of ether oxygens (including phenoxy) is 1. The Morgan fingerprint density at radius 2 is 1.86 bits per heavy atom. The quantitative estimate of drug-likeness (QED) is 0.345. The van der Waals surface area contributed by atoms with Gasteiger partial charge in [-0.3, -0.25) is 0 Å². The lowest BCUT2D eigenvalue weighted by atomic mass is 10.2. The number of nitrogens with two attached hydrogens (primary N) is 1. The second-order valence-electron chi connectivity index (χ2n) is 5.00. The lowest BCUT2D eigenvalue weighted by Gasteiger charge is -2.13. The number of methoxy groups -OCH3 is 1. The zero-order valence-corrected chi connectivity index (χ0v) is 14.4. The summed E-state index contributed by atoms with van der Waals surface area (Å²) >= 11 is 0. The highest BCUT2D eigenvalue weighted by molar-refractivity contribution is 7.88. The van der Waals surface area contributed by atoms with Crippen molar-refractivity contribution in [1.29, 1.82) is 5.26 Å². The van der Waals surface area contributed by atoms with Gasteiger partial charge in [-0.2, -0.15) is 26.9 Å². The van der Waals surface area contributed by atoms with E-state index in [1.807, 2.05) is 0 Å². The summed E-state index contributed by atoms with van der Waals surface area (Å²) in [5.41, 5.74) is -2.52. The minimum absolute atomic E-state index is 0.0276. The topological polar surface area (TPSA) is 124 Å². The van der Waals surface area contributed by atoms with Crippen LogP contribution in [0.4, 0.5) is 27.6 Å². The fraction of sp³-hybridized carbons (Fsp3) is 0.143. The van der Waals surface area contributed by atoms with E-state index in [2.05, 4.69) is 8.92 Å². The van der Waals surface area contributed by atoms with Crippen LogP contribution in [0.1, 0.15) is 16.1 Å². The van der Waals surface area contributed by atoms with Gasteiger partial charge in [0.2, 0.25) is 0 Å². The van der Waals surface area contributed by atoms with E-state index in [1.165, 1.54) is 0 Å². The highest BCUT2D eigenvalue weighted by Crippen LogP contribution is 2.33. The number of nitriles is 1. The number of alkyl halides is 3. The first kappa shape index (κ1) is 21.0. The van der Waals surface area contributed by atoms with Crippen LogP contribution in [0, 0.1) is 23.0 Å². The van der Waals surface area contributed by atoms with E-state index in [-0.39, 0.29) is 17.7 Å². The van der Waals surface area contributed by atoms with Crippen molar-refractivity contribution in [3.05, 3.63) is 41.2 Å². The number of rotatable bonds is 4. The third-order valence-corrected chi connectivity index (χ3v) is 4.25. The summed E-state index contributed by atoms with van der Waals surface area (Å²) in [6.07, 6.45) is 0.819. The maximum absolute atomic E-state index is 14.2. The number of anilines is 1. The lowest BCUT2D eigenvalue weighted by molar-refractivity contribution is -0.0501. The zero-order valence-electron chi connectivity index (χ0n) is 13.5. The van der Waals surface area contributed by atoms with Gasteiger partial charge in [-0.05, 0) is 0 Å². The van der Waals surface area contributed by atoms with E-state index in [4.69, 9.17) is 11.0 Å². The third kappa shape index (κ3) is 3.56. The van der Waals surface area contributed by atoms with E-state index in [1.54, 1.807) is 6.07 Å². The van der Waals surface area contributed by atoms with Gasteiger partial charge in [0.05, 0.1) is 24.0 Å². The standard InChI is InChI=1S/C14H8F5N3O5S/c1-26-13(23)12-11(21)6(4-20)5-22(12)9-3-10(8(16)2-7(9)15)27-28(24,25)14(17,18)19/h2-3,5H,21H2,1H3. The van der Waals surface area contributed by atoms with E-state index in [0.29, 0.717) is 4.57 Å². The number of nitrogens with zero attached hydrogens (tertiary/aromatic N) is 2. The van der Waals surface area contributed by atoms with Gasteiger partial charge in [0.1, 0.15) is 11.9 Å². The number of carbonyl (C=O) groups is 1. The van der Waals surface area contributed by atoms with Crippen LogP contribution in [0.25, 0.3) is 5.69 Å². The molecule has 0 spiro atoms. The Balaban J connectivity index is 2.73. The normalized spacial score (nSPS) is 11.8. The zero-order chi connectivity index (χ0) is 21.4. The molecule has 1 aromatic carbocycles. The summed E-state index contributed by atoms with van der Waals surface area (Å²) in [6.45, 7) is 0. The molecule has 2 aromatic rings. The van der Waals surface area contributed by atoms with Gasteiger partial charge < -0.3 is 19.2 Å². The molecule has 8 nitrogen and oxygen atoms in total. The summed E-state index contributed by atoms with van der Waals surface area (Å²) in [6, 6.07) is 1.86. The fourth-order valence-corrected chi connectivity index (χ4v) is 2.50. The molecule has 0 aliphatic heterocycles. The van der Waals surface area contributed by atoms with Crippen molar-refractivity contribution in [1.82, 2.24) is 4.57 Å². The SMILES string of the molecule is COC(=O)c1c(N)c(C#N)cn1-c1cc(OS(=O)(=O)C(F)(F)F)c(F)cc1F. The molecule has 0 radical (unpaired) electrons. The van der Waals surface area contributed by atoms with E-state index in [9.17, 15) is 35.2 Å². The van der Waals surface area contributed by atoms with Crippen molar-refractivity contribution in [3.63, 3.8) is 0 Å². The minimum atomic E-state index is -6.26. The number of nitrogen functional groups attached to an aromatic ring is 1. The number of benzene rings is 1. The van der Waals surface area contributed by atoms with Crippen molar-refractivity contribution < 1.29 is 44.1 Å².